The topological polar surface area (TPSA) is 0 Å². The number of hydrogen-bond donors (Lipinski definition) is 0. The highest BCUT2D eigenvalue weighted by molar-refractivity contribution is 7.70. The van der Waals surface area contributed by atoms with E-state index in [4.69, 9.17) is 0 Å². The molecule has 0 aliphatic heterocycles. The molecule has 19 heavy (non-hydrogen) atoms. The standard InChI is InChI=1S/C18H23P/c1-4-10-16(11-5-1)19(17-12-6-2-7-13-17)18-14-8-3-9-15-18/h1,4-6,10-13,18H,2-3,7-9,14-15H2. The third-order valence-electron chi connectivity index (χ3n) is 4.23. The summed E-state index contributed by atoms with van der Waals surface area (Å²) in [4.78, 5) is 0. The molecule has 0 nitrogen and oxygen atoms in total. The molecule has 0 N–H and O–H groups in total. The molecule has 2 aliphatic rings. The molecule has 3 rings (SSSR count). The summed E-state index contributed by atoms with van der Waals surface area (Å²) in [5.41, 5.74) is 0.917. The molecule has 1 unspecified atom stereocenters. The molecular weight excluding hydrogens is 247 g/mol. The fraction of sp³-hybridized carbons (Fsp3) is 0.444. The van der Waals surface area contributed by atoms with Crippen molar-refractivity contribution >= 4 is 13.2 Å². The Morgan fingerprint density at radius 2 is 1.68 bits per heavy atom. The molecule has 0 saturated heterocycles. The van der Waals surface area contributed by atoms with Gasteiger partial charge in [-0.2, -0.15) is 0 Å². The van der Waals surface area contributed by atoms with Gasteiger partial charge in [-0.1, -0.05) is 67.8 Å². The highest BCUT2D eigenvalue weighted by Gasteiger charge is 2.26. The number of rotatable bonds is 3. The van der Waals surface area contributed by atoms with Crippen LogP contribution in [0.5, 0.6) is 0 Å². The Morgan fingerprint density at radius 1 is 0.895 bits per heavy atom. The van der Waals surface area contributed by atoms with Crippen molar-refractivity contribution in [2.24, 2.45) is 0 Å². The van der Waals surface area contributed by atoms with Crippen molar-refractivity contribution < 1.29 is 0 Å². The summed E-state index contributed by atoms with van der Waals surface area (Å²) in [6, 6.07) is 11.3. The SMILES string of the molecule is C1=CC(P(c2ccccc2)C2CCCCC2)=CCC1. The Bertz CT molecular complexity index is 452. The maximum absolute atomic E-state index is 2.51. The molecule has 1 atom stereocenters. The first kappa shape index (κ1) is 13.1. The Hall–Kier alpha value is -0.870. The highest BCUT2D eigenvalue weighted by atomic mass is 31.1. The van der Waals surface area contributed by atoms with Crippen LogP contribution in [0.2, 0.25) is 0 Å². The van der Waals surface area contributed by atoms with Gasteiger partial charge in [0.1, 0.15) is 0 Å². The van der Waals surface area contributed by atoms with E-state index in [1.807, 2.05) is 0 Å². The maximum atomic E-state index is 2.51. The van der Waals surface area contributed by atoms with Gasteiger partial charge < -0.3 is 0 Å². The van der Waals surface area contributed by atoms with Crippen LogP contribution in [0.3, 0.4) is 0 Å². The van der Waals surface area contributed by atoms with Crippen molar-refractivity contribution in [1.29, 1.82) is 0 Å². The van der Waals surface area contributed by atoms with Crippen molar-refractivity contribution in [3.05, 3.63) is 53.9 Å². The first-order chi connectivity index (χ1) is 9.45. The Morgan fingerprint density at radius 3 is 2.37 bits per heavy atom. The van der Waals surface area contributed by atoms with Crippen molar-refractivity contribution in [3.8, 4) is 0 Å². The molecule has 0 spiro atoms. The van der Waals surface area contributed by atoms with E-state index in [0.717, 1.165) is 5.66 Å². The minimum Gasteiger partial charge on any atom is -0.0836 e. The summed E-state index contributed by atoms with van der Waals surface area (Å²) in [5.74, 6) is 0. The molecule has 1 fully saturated rings. The van der Waals surface area contributed by atoms with Gasteiger partial charge in [0.05, 0.1) is 0 Å². The van der Waals surface area contributed by atoms with E-state index in [1.165, 1.54) is 44.9 Å². The Kier molecular flexibility index (Phi) is 4.51. The number of hydrogen-bond acceptors (Lipinski definition) is 0. The molecule has 0 amide bonds. The van der Waals surface area contributed by atoms with E-state index in [2.05, 4.69) is 48.6 Å². The zero-order chi connectivity index (χ0) is 12.9. The van der Waals surface area contributed by atoms with E-state index >= 15 is 0 Å². The van der Waals surface area contributed by atoms with Gasteiger partial charge in [-0.05, 0) is 49.9 Å². The second-order valence-electron chi connectivity index (χ2n) is 5.61. The van der Waals surface area contributed by atoms with Gasteiger partial charge in [0.15, 0.2) is 0 Å². The minimum atomic E-state index is -0.118. The summed E-state index contributed by atoms with van der Waals surface area (Å²) < 4.78 is 0. The summed E-state index contributed by atoms with van der Waals surface area (Å²) in [6.07, 6.45) is 17.0. The lowest BCUT2D eigenvalue weighted by atomic mass is 10.0. The molecule has 100 valence electrons. The van der Waals surface area contributed by atoms with Crippen LogP contribution in [0, 0.1) is 0 Å². The van der Waals surface area contributed by atoms with Gasteiger partial charge in [0.2, 0.25) is 0 Å². The largest absolute Gasteiger partial charge is 0.0836 e. The zero-order valence-corrected chi connectivity index (χ0v) is 12.5. The van der Waals surface area contributed by atoms with Crippen molar-refractivity contribution in [1.82, 2.24) is 0 Å². The summed E-state index contributed by atoms with van der Waals surface area (Å²) >= 11 is 0. The second kappa shape index (κ2) is 6.53. The fourth-order valence-corrected chi connectivity index (χ4v) is 6.38. The first-order valence-electron chi connectivity index (χ1n) is 7.66. The van der Waals surface area contributed by atoms with Gasteiger partial charge in [0.25, 0.3) is 0 Å². The van der Waals surface area contributed by atoms with Crippen LogP contribution >= 0.6 is 7.92 Å². The Labute approximate surface area is 118 Å². The number of allylic oxidation sites excluding steroid dienone is 4. The molecule has 0 aromatic heterocycles. The normalized spacial score (nSPS) is 22.0. The lowest BCUT2D eigenvalue weighted by molar-refractivity contribution is 0.512. The summed E-state index contributed by atoms with van der Waals surface area (Å²) in [5, 5.41) is 3.22. The molecule has 0 heterocycles. The minimum absolute atomic E-state index is 0.118. The summed E-state index contributed by atoms with van der Waals surface area (Å²) in [7, 11) is -0.118. The van der Waals surface area contributed by atoms with Crippen LogP contribution in [0.15, 0.2) is 53.9 Å². The summed E-state index contributed by atoms with van der Waals surface area (Å²) in [6.45, 7) is 0. The van der Waals surface area contributed by atoms with Gasteiger partial charge in [0, 0.05) is 0 Å². The lowest BCUT2D eigenvalue weighted by Crippen LogP contribution is -2.18. The average Bonchev–Trinajstić information content (AvgIpc) is 2.51. The fourth-order valence-electron chi connectivity index (χ4n) is 3.28. The van der Waals surface area contributed by atoms with E-state index in [0.29, 0.717) is 0 Å². The van der Waals surface area contributed by atoms with Gasteiger partial charge in [-0.25, -0.2) is 0 Å². The monoisotopic (exact) mass is 270 g/mol. The highest BCUT2D eigenvalue weighted by Crippen LogP contribution is 2.54. The maximum Gasteiger partial charge on any atom is -0.0129 e. The van der Waals surface area contributed by atoms with Crippen LogP contribution in [0.4, 0.5) is 0 Å². The Balaban J connectivity index is 1.90. The van der Waals surface area contributed by atoms with Gasteiger partial charge in [-0.3, -0.25) is 0 Å². The molecule has 1 heteroatoms. The van der Waals surface area contributed by atoms with E-state index in [9.17, 15) is 0 Å². The molecule has 0 radical (unpaired) electrons. The molecule has 1 aromatic rings. The number of benzene rings is 1. The van der Waals surface area contributed by atoms with Gasteiger partial charge >= 0.3 is 0 Å². The smallest absolute Gasteiger partial charge is 0.0129 e. The van der Waals surface area contributed by atoms with E-state index in [-0.39, 0.29) is 7.92 Å². The third-order valence-corrected chi connectivity index (χ3v) is 7.22. The van der Waals surface area contributed by atoms with E-state index < -0.39 is 0 Å². The zero-order valence-electron chi connectivity index (χ0n) is 11.6. The van der Waals surface area contributed by atoms with E-state index in [1.54, 1.807) is 10.6 Å². The quantitative estimate of drug-likeness (QED) is 0.648. The van der Waals surface area contributed by atoms with Crippen LogP contribution in [-0.4, -0.2) is 5.66 Å². The molecule has 1 saturated carbocycles. The molecule has 0 bridgehead atoms. The van der Waals surface area contributed by atoms with Crippen molar-refractivity contribution in [2.45, 2.75) is 50.6 Å². The molecular formula is C18H23P. The molecule has 1 aromatic carbocycles. The van der Waals surface area contributed by atoms with Crippen LogP contribution < -0.4 is 5.30 Å². The predicted octanol–water partition coefficient (Wildman–Crippen LogP) is 5.36. The first-order valence-corrected chi connectivity index (χ1v) is 9.07. The third kappa shape index (κ3) is 3.18. The van der Waals surface area contributed by atoms with Crippen LogP contribution in [-0.2, 0) is 0 Å². The van der Waals surface area contributed by atoms with Gasteiger partial charge in [-0.15, -0.1) is 0 Å². The lowest BCUT2D eigenvalue weighted by Gasteiger charge is -2.32. The second-order valence-corrected chi connectivity index (χ2v) is 8.11. The van der Waals surface area contributed by atoms with Crippen molar-refractivity contribution in [3.63, 3.8) is 0 Å². The van der Waals surface area contributed by atoms with Crippen molar-refractivity contribution in [2.75, 3.05) is 0 Å². The van der Waals surface area contributed by atoms with Crippen LogP contribution in [0.25, 0.3) is 0 Å². The van der Waals surface area contributed by atoms with Crippen LogP contribution in [0.1, 0.15) is 44.9 Å². The average molecular weight is 270 g/mol. The predicted molar refractivity (Wildman–Crippen MR) is 86.3 cm³/mol. The molecule has 2 aliphatic carbocycles.